The summed E-state index contributed by atoms with van der Waals surface area (Å²) in [5.74, 6) is -0.996. The highest BCUT2D eigenvalue weighted by Gasteiger charge is 2.46. The van der Waals surface area contributed by atoms with Gasteiger partial charge in [-0.1, -0.05) is 59.9 Å². The third-order valence-electron chi connectivity index (χ3n) is 6.75. The Balaban J connectivity index is 1.41. The number of hydrogen-bond acceptors (Lipinski definition) is 8. The molecule has 0 saturated heterocycles. The number of fused-ring (bicyclic) bond motifs is 1. The summed E-state index contributed by atoms with van der Waals surface area (Å²) < 4.78 is 6.87. The van der Waals surface area contributed by atoms with E-state index in [1.54, 1.807) is 6.92 Å². The van der Waals surface area contributed by atoms with E-state index in [9.17, 15) is 14.7 Å². The van der Waals surface area contributed by atoms with Crippen molar-refractivity contribution in [3.63, 3.8) is 0 Å². The number of nitrogens with zero attached hydrogens (tertiary/aromatic N) is 3. The molecule has 0 aliphatic carbocycles. The number of aromatic nitrogens is 2. The van der Waals surface area contributed by atoms with Crippen molar-refractivity contribution in [3.8, 4) is 5.75 Å². The Morgan fingerprint density at radius 3 is 2.42 bits per heavy atom. The molecule has 9 heteroatoms. The molecule has 1 unspecified atom stereocenters. The number of Topliss-reactive ketones (excluding diaryl/α,β-unsaturated/α-hetero) is 1. The maximum Gasteiger partial charge on any atom is 0.296 e. The zero-order chi connectivity index (χ0) is 28.0. The minimum Gasteiger partial charge on any atom is -0.503 e. The molecule has 1 N–H and O–H groups in total. The minimum atomic E-state index is -0.869. The molecular weight excluding hydrogens is 542 g/mol. The number of aliphatic hydroxyl groups is 1. The Labute approximate surface area is 239 Å². The molecule has 5 aromatic rings. The maximum atomic E-state index is 13.9. The van der Waals surface area contributed by atoms with Crippen LogP contribution in [0.3, 0.4) is 0 Å². The van der Waals surface area contributed by atoms with Gasteiger partial charge in [-0.2, -0.15) is 0 Å². The van der Waals surface area contributed by atoms with Gasteiger partial charge in [0.2, 0.25) is 5.78 Å². The molecule has 1 atom stereocenters. The first-order valence-corrected chi connectivity index (χ1v) is 14.3. The summed E-state index contributed by atoms with van der Waals surface area (Å²) in [4.78, 5) is 38.4. The molecule has 0 radical (unpaired) electrons. The minimum absolute atomic E-state index is 0.0186. The topological polar surface area (TPSA) is 92.6 Å². The Kier molecular flexibility index (Phi) is 6.69. The lowest BCUT2D eigenvalue weighted by Gasteiger charge is -2.24. The summed E-state index contributed by atoms with van der Waals surface area (Å²) in [6.07, 6.45) is 0. The Morgan fingerprint density at radius 1 is 0.975 bits per heavy atom. The van der Waals surface area contributed by atoms with Crippen molar-refractivity contribution in [1.82, 2.24) is 9.97 Å². The Morgan fingerprint density at radius 2 is 1.73 bits per heavy atom. The number of anilines is 1. The summed E-state index contributed by atoms with van der Waals surface area (Å²) in [5, 5.41) is 12.3. The number of aliphatic hydroxyl groups excluding tert-OH is 1. The quantitative estimate of drug-likeness (QED) is 0.212. The van der Waals surface area contributed by atoms with E-state index in [4.69, 9.17) is 9.72 Å². The number of hydrogen-bond donors (Lipinski definition) is 1. The number of rotatable bonds is 7. The maximum absolute atomic E-state index is 13.9. The van der Waals surface area contributed by atoms with E-state index in [0.717, 1.165) is 26.4 Å². The van der Waals surface area contributed by atoms with Crippen LogP contribution in [-0.4, -0.2) is 26.8 Å². The monoisotopic (exact) mass is 567 g/mol. The van der Waals surface area contributed by atoms with Gasteiger partial charge >= 0.3 is 0 Å². The second kappa shape index (κ2) is 10.3. The van der Waals surface area contributed by atoms with Gasteiger partial charge in [-0.25, -0.2) is 9.97 Å². The molecule has 1 aliphatic rings. The first-order valence-electron chi connectivity index (χ1n) is 12.7. The average molecular weight is 568 g/mol. The van der Waals surface area contributed by atoms with Crippen LogP contribution >= 0.6 is 22.7 Å². The molecule has 3 heterocycles. The fraction of sp³-hybridized carbons (Fsp3) is 0.161. The van der Waals surface area contributed by atoms with Crippen LogP contribution in [0.2, 0.25) is 0 Å². The first-order chi connectivity index (χ1) is 19.3. The highest BCUT2D eigenvalue weighted by Crippen LogP contribution is 2.45. The van der Waals surface area contributed by atoms with E-state index in [1.807, 2.05) is 86.6 Å². The first kappa shape index (κ1) is 25.9. The van der Waals surface area contributed by atoms with E-state index >= 15 is 0 Å². The molecule has 0 fully saturated rings. The van der Waals surface area contributed by atoms with E-state index in [0.29, 0.717) is 33.6 Å². The number of benzene rings is 3. The van der Waals surface area contributed by atoms with E-state index in [1.165, 1.54) is 27.6 Å². The van der Waals surface area contributed by atoms with Gasteiger partial charge in [-0.05, 0) is 61.7 Å². The Bertz CT molecular complexity index is 1790. The van der Waals surface area contributed by atoms with E-state index < -0.39 is 23.5 Å². The number of aryl methyl sites for hydroxylation is 3. The van der Waals surface area contributed by atoms with Crippen molar-refractivity contribution in [3.05, 3.63) is 116 Å². The Hall–Kier alpha value is -4.34. The van der Waals surface area contributed by atoms with Crippen LogP contribution in [0.15, 0.2) is 84.1 Å². The second-order valence-corrected chi connectivity index (χ2v) is 11.8. The van der Waals surface area contributed by atoms with Crippen molar-refractivity contribution < 1.29 is 19.4 Å². The molecule has 200 valence electrons. The summed E-state index contributed by atoms with van der Waals surface area (Å²) >= 11 is 2.60. The van der Waals surface area contributed by atoms with Gasteiger partial charge in [0.05, 0.1) is 37.4 Å². The average Bonchev–Trinajstić information content (AvgIpc) is 3.60. The smallest absolute Gasteiger partial charge is 0.296 e. The lowest BCUT2D eigenvalue weighted by Crippen LogP contribution is -2.31. The molecule has 7 nitrogen and oxygen atoms in total. The second-order valence-electron chi connectivity index (χ2n) is 9.63. The molecule has 0 bridgehead atoms. The van der Waals surface area contributed by atoms with Gasteiger partial charge in [0.25, 0.3) is 5.91 Å². The molecule has 1 amide bonds. The molecule has 1 aliphatic heterocycles. The van der Waals surface area contributed by atoms with Crippen LogP contribution in [0, 0.1) is 20.8 Å². The van der Waals surface area contributed by atoms with Gasteiger partial charge in [0, 0.05) is 0 Å². The number of carbonyl (C=O) groups is 2. The standard InChI is InChI=1S/C31H25N3O4S2/c1-17-9-14-23-24(15-17)40-31(33-23)34-26(21-10-12-22(13-11-21)38-16-20-7-5-4-6-8-20)25(28(36)30(34)37)27(35)29-18(2)32-19(3)39-29/h4-15,26,36H,16H2,1-3H3. The number of carbonyl (C=O) groups excluding carboxylic acids is 2. The molecule has 40 heavy (non-hydrogen) atoms. The zero-order valence-electron chi connectivity index (χ0n) is 22.0. The lowest BCUT2D eigenvalue weighted by atomic mass is 9.95. The predicted molar refractivity (Wildman–Crippen MR) is 157 cm³/mol. The number of ketones is 1. The lowest BCUT2D eigenvalue weighted by molar-refractivity contribution is -0.117. The van der Waals surface area contributed by atoms with Crippen LogP contribution in [0.1, 0.15) is 43.1 Å². The van der Waals surface area contributed by atoms with E-state index in [-0.39, 0.29) is 5.57 Å². The summed E-state index contributed by atoms with van der Waals surface area (Å²) in [7, 11) is 0. The fourth-order valence-corrected chi connectivity index (χ4v) is 6.79. The molecule has 0 saturated carbocycles. The number of amides is 1. The summed E-state index contributed by atoms with van der Waals surface area (Å²) in [6, 6.07) is 22.1. The van der Waals surface area contributed by atoms with Crippen molar-refractivity contribution in [1.29, 1.82) is 0 Å². The highest BCUT2D eigenvalue weighted by molar-refractivity contribution is 7.22. The largest absolute Gasteiger partial charge is 0.503 e. The van der Waals surface area contributed by atoms with Gasteiger partial charge in [0.15, 0.2) is 10.9 Å². The van der Waals surface area contributed by atoms with Gasteiger partial charge < -0.3 is 9.84 Å². The molecule has 0 spiro atoms. The van der Waals surface area contributed by atoms with Crippen LogP contribution in [-0.2, 0) is 11.4 Å². The molecular formula is C31H25N3O4S2. The zero-order valence-corrected chi connectivity index (χ0v) is 23.7. The van der Waals surface area contributed by atoms with Crippen LogP contribution in [0.5, 0.6) is 5.75 Å². The highest BCUT2D eigenvalue weighted by atomic mass is 32.1. The van der Waals surface area contributed by atoms with Crippen LogP contribution < -0.4 is 9.64 Å². The van der Waals surface area contributed by atoms with Gasteiger partial charge in [-0.3, -0.25) is 14.5 Å². The third kappa shape index (κ3) is 4.67. The normalized spacial score (nSPS) is 15.3. The van der Waals surface area contributed by atoms with Crippen LogP contribution in [0.4, 0.5) is 5.13 Å². The van der Waals surface area contributed by atoms with Gasteiger partial charge in [0.1, 0.15) is 12.4 Å². The molecule has 3 aromatic carbocycles. The number of ether oxygens (including phenoxy) is 1. The molecule has 2 aromatic heterocycles. The predicted octanol–water partition coefficient (Wildman–Crippen LogP) is 7.04. The fourth-order valence-electron chi connectivity index (χ4n) is 4.82. The molecule has 6 rings (SSSR count). The van der Waals surface area contributed by atoms with Crippen molar-refractivity contribution in [2.24, 2.45) is 0 Å². The van der Waals surface area contributed by atoms with Crippen molar-refractivity contribution in [2.75, 3.05) is 4.90 Å². The number of thiazole rings is 2. The van der Waals surface area contributed by atoms with Crippen molar-refractivity contribution >= 4 is 49.7 Å². The summed E-state index contributed by atoms with van der Waals surface area (Å²) in [5.41, 5.74) is 4.10. The van der Waals surface area contributed by atoms with Crippen molar-refractivity contribution in [2.45, 2.75) is 33.4 Å². The third-order valence-corrected chi connectivity index (χ3v) is 8.83. The van der Waals surface area contributed by atoms with Gasteiger partial charge in [-0.15, -0.1) is 11.3 Å². The van der Waals surface area contributed by atoms with Crippen LogP contribution in [0.25, 0.3) is 10.2 Å². The summed E-state index contributed by atoms with van der Waals surface area (Å²) in [6.45, 7) is 5.98. The SMILES string of the molecule is Cc1ccc2nc(N3C(=O)C(O)=C(C(=O)c4sc(C)nc4C)C3c3ccc(OCc4ccccc4)cc3)sc2c1. The van der Waals surface area contributed by atoms with E-state index in [2.05, 4.69) is 4.98 Å².